The molecule has 0 aromatic rings. The Morgan fingerprint density at radius 2 is 1.33 bits per heavy atom. The van der Waals surface area contributed by atoms with Crippen molar-refractivity contribution in [3.63, 3.8) is 0 Å². The number of aldehydes is 2. The zero-order chi connectivity index (χ0) is 5.54. The van der Waals surface area contributed by atoms with E-state index in [-0.39, 0.29) is 62.0 Å². The Morgan fingerprint density at radius 3 is 1.56 bits per heavy atom. The Labute approximate surface area is 102 Å². The Bertz CT molecular complexity index is 65.5. The molecule has 0 unspecified atom stereocenters. The van der Waals surface area contributed by atoms with Crippen LogP contribution in [-0.4, -0.2) is 12.6 Å². The first kappa shape index (κ1) is 16.7. The number of unbranched alkanes of at least 4 members (excludes halogenated alkanes) is 2. The van der Waals surface area contributed by atoms with Crippen LogP contribution in [0, 0.1) is 0 Å². The molecule has 0 aliphatic carbocycles. The predicted molar refractivity (Wildman–Crippen MR) is 28.2 cm³/mol. The molecule has 0 saturated heterocycles. The smallest absolute Gasteiger partial charge is 1.00 e. The topological polar surface area (TPSA) is 34.1 Å². The largest absolute Gasteiger partial charge is 1.00 e. The summed E-state index contributed by atoms with van der Waals surface area (Å²) in [5, 5.41) is 0. The molecule has 44 valence electrons. The van der Waals surface area contributed by atoms with Crippen molar-refractivity contribution in [2.24, 2.45) is 0 Å². The van der Waals surface area contributed by atoms with Crippen molar-refractivity contribution >= 4 is 12.6 Å². The maximum atomic E-state index is 9.56. The van der Waals surface area contributed by atoms with Gasteiger partial charge >= 0.3 is 59.1 Å². The van der Waals surface area contributed by atoms with Crippen molar-refractivity contribution in [2.45, 2.75) is 19.3 Å². The van der Waals surface area contributed by atoms with Crippen LogP contribution in [0.25, 0.3) is 0 Å². The minimum Gasteiger partial charge on any atom is -1.00 e. The van der Waals surface area contributed by atoms with E-state index in [4.69, 9.17) is 0 Å². The molecule has 0 spiro atoms. The molecule has 0 radical (unpaired) electrons. The Morgan fingerprint density at radius 1 is 1.00 bits per heavy atom. The quantitative estimate of drug-likeness (QED) is 0.227. The van der Waals surface area contributed by atoms with E-state index < -0.39 is 0 Å². The summed E-state index contributed by atoms with van der Waals surface area (Å²) in [6.07, 6.45) is 3.37. The molecular formula is C5H10Na2O2. The van der Waals surface area contributed by atoms with Crippen LogP contribution in [0.4, 0.5) is 0 Å². The van der Waals surface area contributed by atoms with E-state index in [0.29, 0.717) is 19.3 Å². The molecule has 0 bridgehead atoms. The number of hydrogen-bond acceptors (Lipinski definition) is 2. The minimum atomic E-state index is 0. The van der Waals surface area contributed by atoms with Crippen molar-refractivity contribution in [2.75, 3.05) is 0 Å². The molecule has 2 nitrogen and oxygen atoms in total. The second-order valence-corrected chi connectivity index (χ2v) is 1.26. The molecule has 0 aliphatic heterocycles. The third kappa shape index (κ3) is 17.6. The van der Waals surface area contributed by atoms with E-state index in [1.807, 2.05) is 0 Å². The molecule has 0 saturated carbocycles. The molecule has 0 aromatic carbocycles. The average molecular weight is 148 g/mol. The van der Waals surface area contributed by atoms with Gasteiger partial charge in [-0.05, 0) is 6.42 Å². The summed E-state index contributed by atoms with van der Waals surface area (Å²) in [6.45, 7) is 0. The zero-order valence-corrected chi connectivity index (χ0v) is 10.1. The molecule has 0 aromatic heterocycles. The third-order valence-corrected chi connectivity index (χ3v) is 0.644. The monoisotopic (exact) mass is 148 g/mol. The minimum absolute atomic E-state index is 0. The number of rotatable bonds is 4. The first-order valence-electron chi connectivity index (χ1n) is 2.29. The Kier molecular flexibility index (Phi) is 30.1. The van der Waals surface area contributed by atoms with Crippen LogP contribution in [0.3, 0.4) is 0 Å². The maximum Gasteiger partial charge on any atom is 1.00 e. The van der Waals surface area contributed by atoms with Gasteiger partial charge in [0.1, 0.15) is 12.6 Å². The van der Waals surface area contributed by atoms with Crippen molar-refractivity contribution in [1.82, 2.24) is 0 Å². The Balaban J connectivity index is -0.0000000300. The van der Waals surface area contributed by atoms with Crippen LogP contribution in [0.2, 0.25) is 0 Å². The van der Waals surface area contributed by atoms with Crippen LogP contribution in [-0.2, 0) is 9.59 Å². The van der Waals surface area contributed by atoms with E-state index in [9.17, 15) is 9.59 Å². The number of carbonyl (C=O) groups excluding carboxylic acids is 2. The van der Waals surface area contributed by atoms with E-state index in [1.54, 1.807) is 0 Å². The second-order valence-electron chi connectivity index (χ2n) is 1.26. The molecule has 0 atom stereocenters. The second kappa shape index (κ2) is 16.2. The van der Waals surface area contributed by atoms with Gasteiger partial charge in [-0.2, -0.15) is 0 Å². The standard InChI is InChI=1S/C5H8O2.2Na.2H/c6-4-2-1-3-5-7;;;;/h4-5H,1-3H2;;;;/q;2*+1;2*-1. The average Bonchev–Trinajstić information content (AvgIpc) is 1.69. The fourth-order valence-corrected chi connectivity index (χ4v) is 0.285. The third-order valence-electron chi connectivity index (χ3n) is 0.644. The van der Waals surface area contributed by atoms with E-state index >= 15 is 0 Å². The van der Waals surface area contributed by atoms with Crippen LogP contribution < -0.4 is 59.1 Å². The van der Waals surface area contributed by atoms with E-state index in [0.717, 1.165) is 12.6 Å². The van der Waals surface area contributed by atoms with Gasteiger partial charge in [0.25, 0.3) is 0 Å². The Hall–Kier alpha value is 1.34. The maximum absolute atomic E-state index is 9.56. The number of hydrogen-bond donors (Lipinski definition) is 0. The van der Waals surface area contributed by atoms with Gasteiger partial charge in [0.05, 0.1) is 0 Å². The summed E-state index contributed by atoms with van der Waals surface area (Å²) in [5.41, 5.74) is 0. The summed E-state index contributed by atoms with van der Waals surface area (Å²) in [6, 6.07) is 0. The van der Waals surface area contributed by atoms with Crippen molar-refractivity contribution < 1.29 is 71.6 Å². The summed E-state index contributed by atoms with van der Waals surface area (Å²) in [4.78, 5) is 19.1. The van der Waals surface area contributed by atoms with Crippen LogP contribution in [0.5, 0.6) is 0 Å². The van der Waals surface area contributed by atoms with Gasteiger partial charge in [0.2, 0.25) is 0 Å². The van der Waals surface area contributed by atoms with Gasteiger partial charge in [0, 0.05) is 12.8 Å². The van der Waals surface area contributed by atoms with Crippen LogP contribution in [0.15, 0.2) is 0 Å². The molecule has 0 amide bonds. The predicted octanol–water partition coefficient (Wildman–Crippen LogP) is -5.21. The van der Waals surface area contributed by atoms with E-state index in [1.165, 1.54) is 0 Å². The van der Waals surface area contributed by atoms with Crippen molar-refractivity contribution in [3.8, 4) is 0 Å². The summed E-state index contributed by atoms with van der Waals surface area (Å²) < 4.78 is 0. The van der Waals surface area contributed by atoms with Crippen LogP contribution in [0.1, 0.15) is 22.1 Å². The molecule has 4 heteroatoms. The SMILES string of the molecule is O=CCCCC=O.[H-].[H-].[Na+].[Na+]. The summed E-state index contributed by atoms with van der Waals surface area (Å²) >= 11 is 0. The van der Waals surface area contributed by atoms with Crippen LogP contribution >= 0.6 is 0 Å². The first-order chi connectivity index (χ1) is 3.41. The van der Waals surface area contributed by atoms with Gasteiger partial charge in [-0.25, -0.2) is 0 Å². The van der Waals surface area contributed by atoms with Gasteiger partial charge in [-0.15, -0.1) is 0 Å². The fourth-order valence-electron chi connectivity index (χ4n) is 0.285. The van der Waals surface area contributed by atoms with Crippen molar-refractivity contribution in [3.05, 3.63) is 0 Å². The van der Waals surface area contributed by atoms with Crippen molar-refractivity contribution in [1.29, 1.82) is 0 Å². The first-order valence-corrected chi connectivity index (χ1v) is 2.29. The summed E-state index contributed by atoms with van der Waals surface area (Å²) in [7, 11) is 0. The molecule has 9 heavy (non-hydrogen) atoms. The normalized spacial score (nSPS) is 6.22. The molecule has 0 rings (SSSR count). The zero-order valence-electron chi connectivity index (χ0n) is 8.09. The number of carbonyl (C=O) groups is 2. The van der Waals surface area contributed by atoms with Gasteiger partial charge in [0.15, 0.2) is 0 Å². The molecule has 0 fully saturated rings. The van der Waals surface area contributed by atoms with E-state index in [2.05, 4.69) is 0 Å². The van der Waals surface area contributed by atoms with Gasteiger partial charge in [-0.3, -0.25) is 0 Å². The van der Waals surface area contributed by atoms with Gasteiger partial charge in [-0.1, -0.05) is 0 Å². The molecule has 0 heterocycles. The molecule has 0 aliphatic rings. The molecule has 0 N–H and O–H groups in total. The summed E-state index contributed by atoms with van der Waals surface area (Å²) in [5.74, 6) is 0. The molecular weight excluding hydrogens is 138 g/mol. The fraction of sp³-hybridized carbons (Fsp3) is 0.600. The van der Waals surface area contributed by atoms with Gasteiger partial charge < -0.3 is 12.4 Å².